The van der Waals surface area contributed by atoms with Crippen LogP contribution in [0.4, 0.5) is 5.82 Å². The first-order chi connectivity index (χ1) is 9.79. The van der Waals surface area contributed by atoms with Gasteiger partial charge in [0.15, 0.2) is 0 Å². The number of sulfonamides is 1. The number of hydrogen-bond acceptors (Lipinski definition) is 4. The molecule has 0 saturated carbocycles. The fourth-order valence-electron chi connectivity index (χ4n) is 1.69. The van der Waals surface area contributed by atoms with Crippen molar-refractivity contribution in [3.63, 3.8) is 0 Å². The molecule has 1 amide bonds. The number of primary amides is 1. The lowest BCUT2D eigenvalue weighted by Crippen LogP contribution is -2.17. The number of pyridine rings is 1. The van der Waals surface area contributed by atoms with Gasteiger partial charge in [0.05, 0.1) is 4.90 Å². The third-order valence-electron chi connectivity index (χ3n) is 2.75. The molecule has 0 fully saturated rings. The molecule has 0 aliphatic rings. The summed E-state index contributed by atoms with van der Waals surface area (Å²) < 4.78 is 27.6. The Kier molecular flexibility index (Phi) is 4.29. The molecular formula is C13H12BrN3O3S. The van der Waals surface area contributed by atoms with E-state index in [1.807, 2.05) is 0 Å². The van der Waals surface area contributed by atoms with E-state index in [0.29, 0.717) is 10.0 Å². The minimum atomic E-state index is -3.84. The van der Waals surface area contributed by atoms with E-state index < -0.39 is 15.9 Å². The Morgan fingerprint density at radius 3 is 2.62 bits per heavy atom. The summed E-state index contributed by atoms with van der Waals surface area (Å²) in [5, 5.41) is 0. The Morgan fingerprint density at radius 2 is 2.00 bits per heavy atom. The highest BCUT2D eigenvalue weighted by molar-refractivity contribution is 9.10. The molecule has 0 aliphatic carbocycles. The van der Waals surface area contributed by atoms with E-state index in [4.69, 9.17) is 5.73 Å². The number of halogens is 1. The molecule has 2 rings (SSSR count). The maximum absolute atomic E-state index is 12.3. The van der Waals surface area contributed by atoms with Crippen LogP contribution in [-0.2, 0) is 10.0 Å². The average Bonchev–Trinajstić information content (AvgIpc) is 2.38. The van der Waals surface area contributed by atoms with E-state index in [2.05, 4.69) is 25.6 Å². The highest BCUT2D eigenvalue weighted by atomic mass is 79.9. The van der Waals surface area contributed by atoms with Gasteiger partial charge in [0.1, 0.15) is 5.82 Å². The number of hydrogen-bond donors (Lipinski definition) is 2. The second-order valence-electron chi connectivity index (χ2n) is 4.31. The molecule has 8 heteroatoms. The molecule has 0 spiro atoms. The lowest BCUT2D eigenvalue weighted by Gasteiger charge is -2.09. The average molecular weight is 370 g/mol. The van der Waals surface area contributed by atoms with E-state index in [-0.39, 0.29) is 16.3 Å². The zero-order chi connectivity index (χ0) is 15.6. The number of rotatable bonds is 4. The molecule has 1 aromatic carbocycles. The lowest BCUT2D eigenvalue weighted by molar-refractivity contribution is 0.0999. The van der Waals surface area contributed by atoms with Crippen LogP contribution in [-0.4, -0.2) is 19.3 Å². The first-order valence-electron chi connectivity index (χ1n) is 5.84. The number of carbonyl (C=O) groups excluding carboxylic acids is 1. The number of aromatic nitrogens is 1. The molecule has 1 heterocycles. The number of benzene rings is 1. The maximum atomic E-state index is 12.3. The summed E-state index contributed by atoms with van der Waals surface area (Å²) in [7, 11) is -3.84. The summed E-state index contributed by atoms with van der Waals surface area (Å²) >= 11 is 3.23. The maximum Gasteiger partial charge on any atom is 0.263 e. The van der Waals surface area contributed by atoms with Crippen LogP contribution in [0.15, 0.2) is 45.9 Å². The van der Waals surface area contributed by atoms with Gasteiger partial charge in [-0.25, -0.2) is 13.4 Å². The van der Waals surface area contributed by atoms with E-state index in [9.17, 15) is 13.2 Å². The predicted octanol–water partition coefficient (Wildman–Crippen LogP) is 2.05. The van der Waals surface area contributed by atoms with Gasteiger partial charge in [-0.3, -0.25) is 9.52 Å². The van der Waals surface area contributed by atoms with E-state index in [0.717, 1.165) is 0 Å². The molecule has 2 aromatic rings. The third kappa shape index (κ3) is 3.59. The van der Waals surface area contributed by atoms with Gasteiger partial charge in [-0.1, -0.05) is 22.0 Å². The van der Waals surface area contributed by atoms with Crippen LogP contribution in [0, 0.1) is 6.92 Å². The number of amides is 1. The predicted molar refractivity (Wildman–Crippen MR) is 82.4 cm³/mol. The minimum absolute atomic E-state index is 0.0522. The van der Waals surface area contributed by atoms with Crippen LogP contribution in [0.2, 0.25) is 0 Å². The summed E-state index contributed by atoms with van der Waals surface area (Å²) in [6.45, 7) is 1.68. The van der Waals surface area contributed by atoms with Gasteiger partial charge < -0.3 is 5.73 Å². The standard InChI is InChI=1S/C13H12BrN3O3S/c1-8-2-3-10(7-11(8)13(15)18)21(19,20)17-12-6-9(14)4-5-16-12/h2-7H,1H3,(H2,15,18)(H,16,17). The zero-order valence-electron chi connectivity index (χ0n) is 11.0. The van der Waals surface area contributed by atoms with Crippen LogP contribution < -0.4 is 10.5 Å². The summed E-state index contributed by atoms with van der Waals surface area (Å²) in [5.74, 6) is -0.504. The molecule has 0 radical (unpaired) electrons. The van der Waals surface area contributed by atoms with Gasteiger partial charge in [0.25, 0.3) is 10.0 Å². The van der Waals surface area contributed by atoms with Crippen LogP contribution in [0.1, 0.15) is 15.9 Å². The minimum Gasteiger partial charge on any atom is -0.366 e. The largest absolute Gasteiger partial charge is 0.366 e. The van der Waals surface area contributed by atoms with Gasteiger partial charge in [-0.05, 0) is 36.8 Å². The Hall–Kier alpha value is -1.93. The van der Waals surface area contributed by atoms with Crippen molar-refractivity contribution >= 4 is 37.7 Å². The number of anilines is 1. The molecule has 110 valence electrons. The topological polar surface area (TPSA) is 102 Å². The number of nitrogens with one attached hydrogen (secondary N) is 1. The van der Waals surface area contributed by atoms with Crippen molar-refractivity contribution in [3.05, 3.63) is 52.1 Å². The molecule has 0 unspecified atom stereocenters. The second kappa shape index (κ2) is 5.82. The quantitative estimate of drug-likeness (QED) is 0.860. The molecule has 0 atom stereocenters. The molecule has 0 saturated heterocycles. The molecule has 0 aliphatic heterocycles. The smallest absolute Gasteiger partial charge is 0.263 e. The van der Waals surface area contributed by atoms with Gasteiger partial charge in [0, 0.05) is 16.2 Å². The molecule has 3 N–H and O–H groups in total. The van der Waals surface area contributed by atoms with E-state index in [1.165, 1.54) is 30.5 Å². The SMILES string of the molecule is Cc1ccc(S(=O)(=O)Nc2cc(Br)ccn2)cc1C(N)=O. The lowest BCUT2D eigenvalue weighted by atomic mass is 10.1. The Labute approximate surface area is 130 Å². The first-order valence-corrected chi connectivity index (χ1v) is 8.12. The van der Waals surface area contributed by atoms with Crippen LogP contribution >= 0.6 is 15.9 Å². The monoisotopic (exact) mass is 369 g/mol. The van der Waals surface area contributed by atoms with Gasteiger partial charge in [0.2, 0.25) is 5.91 Å². The van der Waals surface area contributed by atoms with Crippen molar-refractivity contribution < 1.29 is 13.2 Å². The van der Waals surface area contributed by atoms with E-state index in [1.54, 1.807) is 13.0 Å². The fraction of sp³-hybridized carbons (Fsp3) is 0.0769. The molecule has 21 heavy (non-hydrogen) atoms. The molecular weight excluding hydrogens is 358 g/mol. The Morgan fingerprint density at radius 1 is 1.29 bits per heavy atom. The van der Waals surface area contributed by atoms with Crippen molar-refractivity contribution in [3.8, 4) is 0 Å². The zero-order valence-corrected chi connectivity index (χ0v) is 13.4. The summed E-state index contributed by atoms with van der Waals surface area (Å²) in [4.78, 5) is 15.2. The normalized spacial score (nSPS) is 11.1. The van der Waals surface area contributed by atoms with Crippen molar-refractivity contribution in [1.29, 1.82) is 0 Å². The van der Waals surface area contributed by atoms with Crippen molar-refractivity contribution in [2.24, 2.45) is 5.73 Å². The number of carbonyl (C=O) groups is 1. The number of aryl methyl sites for hydroxylation is 1. The van der Waals surface area contributed by atoms with Crippen molar-refractivity contribution in [1.82, 2.24) is 4.98 Å². The second-order valence-corrected chi connectivity index (χ2v) is 6.90. The summed E-state index contributed by atoms with van der Waals surface area (Å²) in [6.07, 6.45) is 1.46. The summed E-state index contributed by atoms with van der Waals surface area (Å²) in [6, 6.07) is 7.39. The van der Waals surface area contributed by atoms with Crippen LogP contribution in [0.3, 0.4) is 0 Å². The third-order valence-corrected chi connectivity index (χ3v) is 4.59. The highest BCUT2D eigenvalue weighted by Crippen LogP contribution is 2.19. The van der Waals surface area contributed by atoms with E-state index >= 15 is 0 Å². The van der Waals surface area contributed by atoms with Crippen LogP contribution in [0.5, 0.6) is 0 Å². The number of nitrogens with two attached hydrogens (primary N) is 1. The van der Waals surface area contributed by atoms with Gasteiger partial charge >= 0.3 is 0 Å². The first kappa shape index (κ1) is 15.5. The summed E-state index contributed by atoms with van der Waals surface area (Å²) in [5.41, 5.74) is 6.01. The Bertz CT molecular complexity index is 806. The molecule has 6 nitrogen and oxygen atoms in total. The van der Waals surface area contributed by atoms with Crippen molar-refractivity contribution in [2.45, 2.75) is 11.8 Å². The van der Waals surface area contributed by atoms with Crippen molar-refractivity contribution in [2.75, 3.05) is 4.72 Å². The fourth-order valence-corrected chi connectivity index (χ4v) is 3.05. The molecule has 0 bridgehead atoms. The van der Waals surface area contributed by atoms with Gasteiger partial charge in [-0.15, -0.1) is 0 Å². The Balaban J connectivity index is 2.40. The molecule has 1 aromatic heterocycles. The van der Waals surface area contributed by atoms with Gasteiger partial charge in [-0.2, -0.15) is 0 Å². The number of nitrogens with zero attached hydrogens (tertiary/aromatic N) is 1. The highest BCUT2D eigenvalue weighted by Gasteiger charge is 2.17. The van der Waals surface area contributed by atoms with Crippen LogP contribution in [0.25, 0.3) is 0 Å².